The van der Waals surface area contributed by atoms with Crippen LogP contribution in [0.25, 0.3) is 0 Å². The molecule has 0 amide bonds. The molecule has 0 aliphatic rings. The fraction of sp³-hybridized carbons (Fsp3) is 0.545. The van der Waals surface area contributed by atoms with E-state index < -0.39 is 4.92 Å². The molecule has 18 heavy (non-hydrogen) atoms. The number of pyridine rings is 1. The smallest absolute Gasteiger partial charge is 0.311 e. The van der Waals surface area contributed by atoms with Crippen LogP contribution in [0.3, 0.4) is 0 Å². The molecule has 1 atom stereocenters. The monoisotopic (exact) mass is 254 g/mol. The lowest BCUT2D eigenvalue weighted by molar-refractivity contribution is -0.384. The average Bonchev–Trinajstić information content (AvgIpc) is 2.34. The Kier molecular flexibility index (Phi) is 4.85. The van der Waals surface area contributed by atoms with E-state index in [2.05, 4.69) is 15.6 Å². The fourth-order valence-electron chi connectivity index (χ4n) is 1.44. The van der Waals surface area contributed by atoms with Crippen LogP contribution in [0.4, 0.5) is 17.3 Å². The Morgan fingerprint density at radius 3 is 2.61 bits per heavy atom. The molecule has 7 nitrogen and oxygen atoms in total. The van der Waals surface area contributed by atoms with Gasteiger partial charge in [-0.05, 0) is 12.0 Å². The van der Waals surface area contributed by atoms with Crippen LogP contribution < -0.4 is 10.6 Å². The van der Waals surface area contributed by atoms with Gasteiger partial charge in [0.1, 0.15) is 5.82 Å². The molecule has 0 fully saturated rings. The number of hydrogen-bond donors (Lipinski definition) is 3. The molecule has 100 valence electrons. The van der Waals surface area contributed by atoms with Crippen molar-refractivity contribution in [3.05, 3.63) is 22.2 Å². The number of anilines is 2. The molecule has 0 unspecified atom stereocenters. The summed E-state index contributed by atoms with van der Waals surface area (Å²) >= 11 is 0. The SMILES string of the molecule is CNc1ccc([N+](=O)[O-])c(N[C@H](CO)C(C)C)n1. The van der Waals surface area contributed by atoms with E-state index in [1.807, 2.05) is 13.8 Å². The van der Waals surface area contributed by atoms with Gasteiger partial charge in [-0.1, -0.05) is 13.8 Å². The van der Waals surface area contributed by atoms with Gasteiger partial charge in [0, 0.05) is 13.1 Å². The van der Waals surface area contributed by atoms with Crippen molar-refractivity contribution in [2.75, 3.05) is 24.3 Å². The minimum Gasteiger partial charge on any atom is -0.394 e. The third-order valence-electron chi connectivity index (χ3n) is 2.65. The second-order valence-corrected chi connectivity index (χ2v) is 4.25. The quantitative estimate of drug-likeness (QED) is 0.525. The van der Waals surface area contributed by atoms with E-state index in [0.29, 0.717) is 5.82 Å². The molecule has 0 saturated carbocycles. The van der Waals surface area contributed by atoms with Gasteiger partial charge in [0.05, 0.1) is 17.6 Å². The number of aliphatic hydroxyl groups is 1. The zero-order valence-electron chi connectivity index (χ0n) is 10.7. The molecule has 0 saturated heterocycles. The maximum absolute atomic E-state index is 10.9. The average molecular weight is 254 g/mol. The van der Waals surface area contributed by atoms with E-state index in [0.717, 1.165) is 0 Å². The Morgan fingerprint density at radius 2 is 2.17 bits per heavy atom. The summed E-state index contributed by atoms with van der Waals surface area (Å²) in [6.07, 6.45) is 0. The standard InChI is InChI=1S/C11H18N4O3/c1-7(2)8(6-16)13-11-9(15(17)18)4-5-10(12-3)14-11/h4-5,7-8,16H,6H2,1-3H3,(H2,12,13,14)/t8-/m1/s1. The number of nitro groups is 1. The fourth-order valence-corrected chi connectivity index (χ4v) is 1.44. The van der Waals surface area contributed by atoms with Crippen LogP contribution in [0.15, 0.2) is 12.1 Å². The molecule has 1 heterocycles. The molecule has 0 radical (unpaired) electrons. The van der Waals surface area contributed by atoms with E-state index in [1.165, 1.54) is 12.1 Å². The number of hydrogen-bond acceptors (Lipinski definition) is 6. The first-order valence-electron chi connectivity index (χ1n) is 5.70. The van der Waals surface area contributed by atoms with E-state index >= 15 is 0 Å². The third kappa shape index (κ3) is 3.30. The number of rotatable bonds is 6. The zero-order valence-corrected chi connectivity index (χ0v) is 10.7. The van der Waals surface area contributed by atoms with Crippen molar-refractivity contribution in [2.24, 2.45) is 5.92 Å². The molecule has 1 aromatic heterocycles. The van der Waals surface area contributed by atoms with E-state index in [9.17, 15) is 15.2 Å². The van der Waals surface area contributed by atoms with Crippen LogP contribution >= 0.6 is 0 Å². The zero-order chi connectivity index (χ0) is 13.7. The summed E-state index contributed by atoms with van der Waals surface area (Å²) in [4.78, 5) is 14.5. The highest BCUT2D eigenvalue weighted by molar-refractivity contribution is 5.60. The summed E-state index contributed by atoms with van der Waals surface area (Å²) < 4.78 is 0. The molecule has 0 spiro atoms. The predicted molar refractivity (Wildman–Crippen MR) is 69.8 cm³/mol. The van der Waals surface area contributed by atoms with Crippen LogP contribution in [0.1, 0.15) is 13.8 Å². The van der Waals surface area contributed by atoms with Gasteiger partial charge in [-0.3, -0.25) is 10.1 Å². The summed E-state index contributed by atoms with van der Waals surface area (Å²) in [7, 11) is 1.68. The normalized spacial score (nSPS) is 12.3. The maximum atomic E-state index is 10.9. The highest BCUT2D eigenvalue weighted by Gasteiger charge is 2.20. The van der Waals surface area contributed by atoms with Crippen LogP contribution in [-0.2, 0) is 0 Å². The predicted octanol–water partition coefficient (Wildman–Crippen LogP) is 1.46. The molecule has 1 rings (SSSR count). The first kappa shape index (κ1) is 14.2. The van der Waals surface area contributed by atoms with Gasteiger partial charge < -0.3 is 15.7 Å². The maximum Gasteiger partial charge on any atom is 0.311 e. The topological polar surface area (TPSA) is 100 Å². The van der Waals surface area contributed by atoms with Gasteiger partial charge >= 0.3 is 5.69 Å². The number of nitrogens with zero attached hydrogens (tertiary/aromatic N) is 2. The van der Waals surface area contributed by atoms with Crippen LogP contribution in [-0.4, -0.2) is 34.7 Å². The Labute approximate surface area is 105 Å². The summed E-state index contributed by atoms with van der Waals surface area (Å²) in [5, 5.41) is 25.9. The van der Waals surface area contributed by atoms with E-state index in [4.69, 9.17) is 0 Å². The lowest BCUT2D eigenvalue weighted by atomic mass is 10.1. The van der Waals surface area contributed by atoms with Crippen molar-refractivity contribution in [2.45, 2.75) is 19.9 Å². The Balaban J connectivity index is 3.07. The molecule has 0 aliphatic heterocycles. The molecule has 0 aromatic carbocycles. The summed E-state index contributed by atoms with van der Waals surface area (Å²) in [6, 6.07) is 2.64. The van der Waals surface area contributed by atoms with Crippen molar-refractivity contribution in [3.8, 4) is 0 Å². The van der Waals surface area contributed by atoms with Gasteiger partial charge in [-0.15, -0.1) is 0 Å². The van der Waals surface area contributed by atoms with Crippen molar-refractivity contribution < 1.29 is 10.0 Å². The highest BCUT2D eigenvalue weighted by Crippen LogP contribution is 2.25. The summed E-state index contributed by atoms with van der Waals surface area (Å²) in [5.41, 5.74) is -0.104. The third-order valence-corrected chi connectivity index (χ3v) is 2.65. The minimum atomic E-state index is -0.496. The van der Waals surface area contributed by atoms with Gasteiger partial charge in [0.25, 0.3) is 0 Å². The van der Waals surface area contributed by atoms with Gasteiger partial charge in [0.15, 0.2) is 0 Å². The number of nitrogens with one attached hydrogen (secondary N) is 2. The van der Waals surface area contributed by atoms with Gasteiger partial charge in [-0.2, -0.15) is 0 Å². The first-order valence-corrected chi connectivity index (χ1v) is 5.70. The van der Waals surface area contributed by atoms with Crippen molar-refractivity contribution in [1.82, 2.24) is 4.98 Å². The lowest BCUT2D eigenvalue weighted by Gasteiger charge is -2.20. The highest BCUT2D eigenvalue weighted by atomic mass is 16.6. The first-order chi connectivity index (χ1) is 8.49. The molecule has 0 aliphatic carbocycles. The number of aliphatic hydroxyl groups excluding tert-OH is 1. The lowest BCUT2D eigenvalue weighted by Crippen LogP contribution is -2.30. The largest absolute Gasteiger partial charge is 0.394 e. The van der Waals surface area contributed by atoms with Crippen molar-refractivity contribution in [1.29, 1.82) is 0 Å². The summed E-state index contributed by atoms with van der Waals surface area (Å²) in [6.45, 7) is 3.73. The second kappa shape index (κ2) is 6.15. The molecule has 7 heteroatoms. The van der Waals surface area contributed by atoms with Crippen molar-refractivity contribution in [3.63, 3.8) is 0 Å². The molecule has 0 bridgehead atoms. The van der Waals surface area contributed by atoms with Crippen molar-refractivity contribution >= 4 is 17.3 Å². The number of aromatic nitrogens is 1. The van der Waals surface area contributed by atoms with E-state index in [1.54, 1.807) is 7.05 Å². The summed E-state index contributed by atoms with van der Waals surface area (Å²) in [5.74, 6) is 0.831. The Morgan fingerprint density at radius 1 is 1.50 bits per heavy atom. The minimum absolute atomic E-state index is 0.104. The Bertz CT molecular complexity index is 423. The van der Waals surface area contributed by atoms with Crippen LogP contribution in [0, 0.1) is 16.0 Å². The second-order valence-electron chi connectivity index (χ2n) is 4.25. The molecular weight excluding hydrogens is 236 g/mol. The van der Waals surface area contributed by atoms with Gasteiger partial charge in [0.2, 0.25) is 5.82 Å². The van der Waals surface area contributed by atoms with Crippen LogP contribution in [0.5, 0.6) is 0 Å². The molecule has 1 aromatic rings. The molecular formula is C11H18N4O3. The van der Waals surface area contributed by atoms with Crippen LogP contribution in [0.2, 0.25) is 0 Å². The Hall–Kier alpha value is -1.89. The molecule has 3 N–H and O–H groups in total. The van der Waals surface area contributed by atoms with E-state index in [-0.39, 0.29) is 30.1 Å². The van der Waals surface area contributed by atoms with Gasteiger partial charge in [-0.25, -0.2) is 4.98 Å².